The molecule has 7 rings (SSSR count). The fourth-order valence-corrected chi connectivity index (χ4v) is 5.61. The van der Waals surface area contributed by atoms with Gasteiger partial charge in [-0.15, -0.1) is 0 Å². The number of anilines is 1. The van der Waals surface area contributed by atoms with Crippen LogP contribution in [0.1, 0.15) is 22.7 Å². The number of hydrogen-bond donors (Lipinski definition) is 1. The number of nitrogens with one attached hydrogen (secondary N) is 1. The number of benzene rings is 4. The van der Waals surface area contributed by atoms with Crippen molar-refractivity contribution in [1.82, 2.24) is 4.57 Å². The number of aromatic nitrogens is 1. The quantitative estimate of drug-likeness (QED) is 0.324. The van der Waals surface area contributed by atoms with E-state index < -0.39 is 0 Å². The number of rotatable bonds is 2. The molecule has 2 nitrogen and oxygen atoms in total. The van der Waals surface area contributed by atoms with Crippen molar-refractivity contribution in [2.45, 2.75) is 12.0 Å². The van der Waals surface area contributed by atoms with Gasteiger partial charge in [-0.05, 0) is 41.0 Å². The molecule has 2 heterocycles. The number of fused-ring (bicyclic) bond motifs is 7. The van der Waals surface area contributed by atoms with Gasteiger partial charge in [0.05, 0.1) is 22.9 Å². The SMILES string of the molecule is C1=CC2Nc3ccccc3C2c2c1n(-c1ccccc1-c1ccccc1)c1ccccc21. The lowest BCUT2D eigenvalue weighted by Gasteiger charge is -2.24. The maximum Gasteiger partial charge on any atom is 0.0559 e. The van der Waals surface area contributed by atoms with E-state index in [1.54, 1.807) is 0 Å². The van der Waals surface area contributed by atoms with Gasteiger partial charge < -0.3 is 9.88 Å². The summed E-state index contributed by atoms with van der Waals surface area (Å²) in [5, 5.41) is 5.07. The minimum atomic E-state index is 0.295. The molecular weight excluding hydrogens is 388 g/mol. The van der Waals surface area contributed by atoms with Gasteiger partial charge in [-0.1, -0.05) is 91.0 Å². The van der Waals surface area contributed by atoms with Crippen LogP contribution in [0.3, 0.4) is 0 Å². The zero-order valence-corrected chi connectivity index (χ0v) is 17.6. The second kappa shape index (κ2) is 6.73. The van der Waals surface area contributed by atoms with Crippen LogP contribution in [-0.4, -0.2) is 10.6 Å². The van der Waals surface area contributed by atoms with Crippen LogP contribution >= 0.6 is 0 Å². The summed E-state index contributed by atoms with van der Waals surface area (Å²) < 4.78 is 2.46. The average molecular weight is 411 g/mol. The molecule has 0 amide bonds. The summed E-state index contributed by atoms with van der Waals surface area (Å²) in [5.74, 6) is 0.321. The van der Waals surface area contributed by atoms with Gasteiger partial charge in [-0.2, -0.15) is 0 Å². The van der Waals surface area contributed by atoms with Crippen molar-refractivity contribution < 1.29 is 0 Å². The molecule has 0 spiro atoms. The van der Waals surface area contributed by atoms with Gasteiger partial charge in [0.25, 0.3) is 0 Å². The van der Waals surface area contributed by atoms with Crippen molar-refractivity contribution in [2.75, 3.05) is 5.32 Å². The van der Waals surface area contributed by atoms with E-state index in [0.29, 0.717) is 12.0 Å². The summed E-state index contributed by atoms with van der Waals surface area (Å²) >= 11 is 0. The molecule has 1 aromatic heterocycles. The summed E-state index contributed by atoms with van der Waals surface area (Å²) in [7, 11) is 0. The first kappa shape index (κ1) is 17.6. The molecular formula is C30H22N2. The molecule has 2 atom stereocenters. The van der Waals surface area contributed by atoms with Crippen molar-refractivity contribution >= 4 is 22.7 Å². The third-order valence-corrected chi connectivity index (χ3v) is 6.93. The van der Waals surface area contributed by atoms with Gasteiger partial charge in [0, 0.05) is 22.6 Å². The zero-order valence-electron chi connectivity index (χ0n) is 17.6. The van der Waals surface area contributed by atoms with Crippen molar-refractivity contribution in [2.24, 2.45) is 0 Å². The van der Waals surface area contributed by atoms with E-state index in [0.717, 1.165) is 0 Å². The molecule has 0 radical (unpaired) electrons. The van der Waals surface area contributed by atoms with Crippen molar-refractivity contribution in [1.29, 1.82) is 0 Å². The van der Waals surface area contributed by atoms with Crippen molar-refractivity contribution in [3.05, 3.63) is 126 Å². The maximum atomic E-state index is 3.73. The predicted octanol–water partition coefficient (Wildman–Crippen LogP) is 7.25. The monoisotopic (exact) mass is 410 g/mol. The Morgan fingerprint density at radius 1 is 0.688 bits per heavy atom. The van der Waals surface area contributed by atoms with Crippen LogP contribution in [0.4, 0.5) is 5.69 Å². The Hall–Kier alpha value is -4.04. The second-order valence-corrected chi connectivity index (χ2v) is 8.63. The lowest BCUT2D eigenvalue weighted by Crippen LogP contribution is -2.22. The molecule has 2 heteroatoms. The van der Waals surface area contributed by atoms with Gasteiger partial charge >= 0.3 is 0 Å². The summed E-state index contributed by atoms with van der Waals surface area (Å²) in [4.78, 5) is 0. The van der Waals surface area contributed by atoms with E-state index in [1.165, 1.54) is 50.2 Å². The highest BCUT2D eigenvalue weighted by atomic mass is 15.0. The van der Waals surface area contributed by atoms with Gasteiger partial charge in [0.15, 0.2) is 0 Å². The molecule has 2 aliphatic rings. The lowest BCUT2D eigenvalue weighted by molar-refractivity contribution is 0.778. The summed E-state index contributed by atoms with van der Waals surface area (Å²) in [6.07, 6.45) is 4.66. The highest BCUT2D eigenvalue weighted by Gasteiger charge is 2.38. The third-order valence-electron chi connectivity index (χ3n) is 6.93. The van der Waals surface area contributed by atoms with Crippen LogP contribution < -0.4 is 5.32 Å². The molecule has 1 aliphatic heterocycles. The van der Waals surface area contributed by atoms with Crippen LogP contribution in [-0.2, 0) is 0 Å². The average Bonchev–Trinajstić information content (AvgIpc) is 3.40. The summed E-state index contributed by atoms with van der Waals surface area (Å²) in [5.41, 5.74) is 10.3. The molecule has 1 aliphatic carbocycles. The molecule has 2 unspecified atom stereocenters. The van der Waals surface area contributed by atoms with Crippen LogP contribution in [0, 0.1) is 0 Å². The predicted molar refractivity (Wildman–Crippen MR) is 133 cm³/mol. The van der Waals surface area contributed by atoms with E-state index >= 15 is 0 Å². The van der Waals surface area contributed by atoms with Gasteiger partial charge in [-0.25, -0.2) is 0 Å². The van der Waals surface area contributed by atoms with E-state index in [2.05, 4.69) is 125 Å². The molecule has 0 saturated heterocycles. The fourth-order valence-electron chi connectivity index (χ4n) is 5.61. The van der Waals surface area contributed by atoms with Crippen LogP contribution in [0.5, 0.6) is 0 Å². The topological polar surface area (TPSA) is 17.0 Å². The molecule has 0 bridgehead atoms. The molecule has 4 aromatic carbocycles. The minimum Gasteiger partial charge on any atom is -0.378 e. The van der Waals surface area contributed by atoms with Crippen molar-refractivity contribution in [3.8, 4) is 16.8 Å². The standard InChI is InChI=1S/C30H22N2/c1-2-10-20(11-3-1)21-12-5-8-16-26(21)32-27-17-9-6-14-23(27)30-28(32)19-18-25-29(30)22-13-4-7-15-24(22)31-25/h1-19,25,29,31H. The van der Waals surface area contributed by atoms with Crippen LogP contribution in [0.25, 0.3) is 33.8 Å². The maximum absolute atomic E-state index is 3.73. The first-order valence-corrected chi connectivity index (χ1v) is 11.2. The van der Waals surface area contributed by atoms with E-state index in [4.69, 9.17) is 0 Å². The number of hydrogen-bond acceptors (Lipinski definition) is 1. The Balaban J connectivity index is 1.55. The molecule has 0 saturated carbocycles. The van der Waals surface area contributed by atoms with Crippen LogP contribution in [0.15, 0.2) is 109 Å². The molecule has 1 N–H and O–H groups in total. The molecule has 32 heavy (non-hydrogen) atoms. The molecule has 152 valence electrons. The van der Waals surface area contributed by atoms with Gasteiger partial charge in [-0.3, -0.25) is 0 Å². The number of para-hydroxylation sites is 3. The summed E-state index contributed by atoms with van der Waals surface area (Å²) in [6.45, 7) is 0. The Kier molecular flexibility index (Phi) is 3.71. The Labute approximate surface area is 187 Å². The van der Waals surface area contributed by atoms with E-state index in [-0.39, 0.29) is 0 Å². The number of nitrogens with zero attached hydrogens (tertiary/aromatic N) is 1. The largest absolute Gasteiger partial charge is 0.378 e. The highest BCUT2D eigenvalue weighted by molar-refractivity contribution is 5.94. The smallest absolute Gasteiger partial charge is 0.0559 e. The van der Waals surface area contributed by atoms with E-state index in [1.807, 2.05) is 0 Å². The zero-order chi connectivity index (χ0) is 21.1. The van der Waals surface area contributed by atoms with E-state index in [9.17, 15) is 0 Å². The van der Waals surface area contributed by atoms with Gasteiger partial charge in [0.2, 0.25) is 0 Å². The Morgan fingerprint density at radius 3 is 2.38 bits per heavy atom. The Morgan fingerprint density at radius 2 is 1.44 bits per heavy atom. The van der Waals surface area contributed by atoms with Gasteiger partial charge in [0.1, 0.15) is 0 Å². The molecule has 0 fully saturated rings. The summed E-state index contributed by atoms with van der Waals surface area (Å²) in [6, 6.07) is 37.3. The second-order valence-electron chi connectivity index (χ2n) is 8.63. The van der Waals surface area contributed by atoms with Crippen LogP contribution in [0.2, 0.25) is 0 Å². The first-order chi connectivity index (χ1) is 15.9. The Bertz CT molecular complexity index is 1510. The fraction of sp³-hybridized carbons (Fsp3) is 0.0667. The highest BCUT2D eigenvalue weighted by Crippen LogP contribution is 2.49. The van der Waals surface area contributed by atoms with Crippen molar-refractivity contribution in [3.63, 3.8) is 0 Å². The lowest BCUT2D eigenvalue weighted by atomic mass is 9.83. The third kappa shape index (κ3) is 2.41. The first-order valence-electron chi connectivity index (χ1n) is 11.2. The molecule has 5 aromatic rings. The minimum absolute atomic E-state index is 0.295. The normalized spacial score (nSPS) is 18.1.